The molecule has 0 rings (SSSR count). The first kappa shape index (κ1) is 11.2. The Morgan fingerprint density at radius 3 is 2.77 bits per heavy atom. The third kappa shape index (κ3) is 3.96. The molecule has 13 heavy (non-hydrogen) atoms. The molecule has 0 aromatic heterocycles. The molecule has 3 N–H and O–H groups in total. The first-order valence-corrected chi connectivity index (χ1v) is 3.77. The summed E-state index contributed by atoms with van der Waals surface area (Å²) >= 11 is 0. The lowest BCUT2D eigenvalue weighted by Gasteiger charge is -2.05. The standard InChI is InChI=1S/C7H12N4O2/c1-3-5(2)13-11-6(4-8)7(9)10-12/h5,12H,3H2,1-2H3,(H2,9,10). The molecule has 1 atom stereocenters. The van der Waals surface area contributed by atoms with Crippen molar-refractivity contribution >= 4 is 11.5 Å². The number of hydrogen-bond donors (Lipinski definition) is 2. The van der Waals surface area contributed by atoms with Gasteiger partial charge >= 0.3 is 0 Å². The lowest BCUT2D eigenvalue weighted by molar-refractivity contribution is 0.0706. The van der Waals surface area contributed by atoms with Crippen LogP contribution in [0.25, 0.3) is 0 Å². The summed E-state index contributed by atoms with van der Waals surface area (Å²) in [6.45, 7) is 3.71. The van der Waals surface area contributed by atoms with E-state index in [-0.39, 0.29) is 17.7 Å². The van der Waals surface area contributed by atoms with Gasteiger partial charge in [-0.1, -0.05) is 17.2 Å². The predicted octanol–water partition coefficient (Wildman–Crippen LogP) is 0.427. The molecule has 0 fully saturated rings. The lowest BCUT2D eigenvalue weighted by atomic mass is 10.3. The van der Waals surface area contributed by atoms with Gasteiger partial charge in [0.15, 0.2) is 0 Å². The average molecular weight is 184 g/mol. The molecule has 0 saturated carbocycles. The van der Waals surface area contributed by atoms with Crippen LogP contribution in [0.2, 0.25) is 0 Å². The summed E-state index contributed by atoms with van der Waals surface area (Å²) in [5.74, 6) is -0.356. The van der Waals surface area contributed by atoms with Crippen LogP contribution in [-0.2, 0) is 4.84 Å². The number of nitriles is 1. The summed E-state index contributed by atoms with van der Waals surface area (Å²) in [6, 6.07) is 1.64. The van der Waals surface area contributed by atoms with Crippen molar-refractivity contribution in [2.75, 3.05) is 0 Å². The van der Waals surface area contributed by atoms with E-state index in [1.54, 1.807) is 13.0 Å². The van der Waals surface area contributed by atoms with Gasteiger partial charge in [-0.2, -0.15) is 5.26 Å². The summed E-state index contributed by atoms with van der Waals surface area (Å²) < 4.78 is 0. The highest BCUT2D eigenvalue weighted by Gasteiger charge is 2.06. The fourth-order valence-corrected chi connectivity index (χ4v) is 0.389. The smallest absolute Gasteiger partial charge is 0.224 e. The molecule has 0 aliphatic carbocycles. The monoisotopic (exact) mass is 184 g/mol. The summed E-state index contributed by atoms with van der Waals surface area (Å²) in [5, 5.41) is 22.8. The molecule has 0 bridgehead atoms. The van der Waals surface area contributed by atoms with Crippen molar-refractivity contribution in [2.24, 2.45) is 16.0 Å². The zero-order chi connectivity index (χ0) is 10.3. The van der Waals surface area contributed by atoms with Crippen LogP contribution in [0.3, 0.4) is 0 Å². The maximum atomic E-state index is 8.48. The molecule has 6 nitrogen and oxygen atoms in total. The van der Waals surface area contributed by atoms with E-state index >= 15 is 0 Å². The minimum Gasteiger partial charge on any atom is -0.409 e. The van der Waals surface area contributed by atoms with E-state index in [1.807, 2.05) is 6.92 Å². The molecule has 0 spiro atoms. The molecule has 0 aromatic carbocycles. The second-order valence-electron chi connectivity index (χ2n) is 2.36. The van der Waals surface area contributed by atoms with Crippen molar-refractivity contribution in [3.8, 4) is 6.07 Å². The van der Waals surface area contributed by atoms with E-state index in [9.17, 15) is 0 Å². The zero-order valence-electron chi connectivity index (χ0n) is 7.56. The summed E-state index contributed by atoms with van der Waals surface area (Å²) in [6.07, 6.45) is 0.660. The van der Waals surface area contributed by atoms with Crippen molar-refractivity contribution < 1.29 is 10.0 Å². The summed E-state index contributed by atoms with van der Waals surface area (Å²) in [5.41, 5.74) is 4.89. The first-order chi connectivity index (χ1) is 6.15. The van der Waals surface area contributed by atoms with Crippen molar-refractivity contribution in [3.05, 3.63) is 0 Å². The number of oxime groups is 2. The molecule has 0 saturated heterocycles. The van der Waals surface area contributed by atoms with Crippen molar-refractivity contribution in [1.29, 1.82) is 5.26 Å². The van der Waals surface area contributed by atoms with Crippen LogP contribution in [0.5, 0.6) is 0 Å². The maximum absolute atomic E-state index is 8.48. The molecule has 6 heteroatoms. The molecule has 1 unspecified atom stereocenters. The van der Waals surface area contributed by atoms with Crippen molar-refractivity contribution in [3.63, 3.8) is 0 Å². The van der Waals surface area contributed by atoms with Crippen LogP contribution in [0.4, 0.5) is 0 Å². The van der Waals surface area contributed by atoms with Crippen LogP contribution < -0.4 is 5.73 Å². The van der Waals surface area contributed by atoms with Gasteiger partial charge in [-0.25, -0.2) is 0 Å². The van der Waals surface area contributed by atoms with Crippen LogP contribution in [0, 0.1) is 11.3 Å². The largest absolute Gasteiger partial charge is 0.409 e. The van der Waals surface area contributed by atoms with Gasteiger partial charge in [0.25, 0.3) is 0 Å². The second kappa shape index (κ2) is 5.83. The molecule has 0 aliphatic heterocycles. The van der Waals surface area contributed by atoms with E-state index in [1.165, 1.54) is 0 Å². The fourth-order valence-electron chi connectivity index (χ4n) is 0.389. The third-order valence-electron chi connectivity index (χ3n) is 1.36. The van der Waals surface area contributed by atoms with E-state index in [0.29, 0.717) is 0 Å². The number of nitrogens with two attached hydrogens (primary N) is 1. The first-order valence-electron chi connectivity index (χ1n) is 3.77. The second-order valence-corrected chi connectivity index (χ2v) is 2.36. The normalized spacial score (nSPS) is 14.8. The van der Waals surface area contributed by atoms with Crippen LogP contribution in [0.1, 0.15) is 20.3 Å². The molecular formula is C7H12N4O2. The van der Waals surface area contributed by atoms with Gasteiger partial charge in [-0.15, -0.1) is 0 Å². The number of hydrogen-bond acceptors (Lipinski definition) is 5. The molecule has 0 heterocycles. The minimum absolute atomic E-state index is 0.102. The zero-order valence-corrected chi connectivity index (χ0v) is 7.56. The number of amidine groups is 1. The number of rotatable bonds is 4. The molecule has 72 valence electrons. The third-order valence-corrected chi connectivity index (χ3v) is 1.36. The van der Waals surface area contributed by atoms with E-state index in [4.69, 9.17) is 21.0 Å². The molecule has 0 aliphatic rings. The highest BCUT2D eigenvalue weighted by atomic mass is 16.6. The summed E-state index contributed by atoms with van der Waals surface area (Å²) in [4.78, 5) is 4.86. The quantitative estimate of drug-likeness (QED) is 0.286. The predicted molar refractivity (Wildman–Crippen MR) is 47.3 cm³/mol. The van der Waals surface area contributed by atoms with Gasteiger partial charge in [0.1, 0.15) is 12.2 Å². The maximum Gasteiger partial charge on any atom is 0.224 e. The Bertz CT molecular complexity index is 254. The molecule has 0 aromatic rings. The van der Waals surface area contributed by atoms with Gasteiger partial charge in [-0.3, -0.25) is 0 Å². The Labute approximate surface area is 76.3 Å². The topological polar surface area (TPSA) is 104 Å². The van der Waals surface area contributed by atoms with Gasteiger partial charge in [0.2, 0.25) is 11.5 Å². The molecule has 0 radical (unpaired) electrons. The van der Waals surface area contributed by atoms with Crippen molar-refractivity contribution in [2.45, 2.75) is 26.4 Å². The summed E-state index contributed by atoms with van der Waals surface area (Å²) in [7, 11) is 0. The van der Waals surface area contributed by atoms with Crippen LogP contribution in [-0.4, -0.2) is 22.9 Å². The SMILES string of the molecule is CCC(C)ON=C(C#N)C(N)=NO. The minimum atomic E-state index is -0.356. The van der Waals surface area contributed by atoms with Gasteiger partial charge in [0, 0.05) is 0 Å². The Hall–Kier alpha value is -1.77. The van der Waals surface area contributed by atoms with Crippen LogP contribution >= 0.6 is 0 Å². The Kier molecular flexibility index (Phi) is 5.03. The average Bonchev–Trinajstić information content (AvgIpc) is 2.17. The van der Waals surface area contributed by atoms with E-state index in [2.05, 4.69) is 10.3 Å². The fraction of sp³-hybridized carbons (Fsp3) is 0.571. The van der Waals surface area contributed by atoms with Crippen molar-refractivity contribution in [1.82, 2.24) is 0 Å². The van der Waals surface area contributed by atoms with Gasteiger partial charge in [-0.05, 0) is 13.3 Å². The van der Waals surface area contributed by atoms with E-state index in [0.717, 1.165) is 6.42 Å². The highest BCUT2D eigenvalue weighted by Crippen LogP contribution is 1.96. The molecular weight excluding hydrogens is 172 g/mol. The van der Waals surface area contributed by atoms with E-state index < -0.39 is 0 Å². The Morgan fingerprint density at radius 1 is 1.77 bits per heavy atom. The number of nitrogens with zero attached hydrogens (tertiary/aromatic N) is 3. The lowest BCUT2D eigenvalue weighted by Crippen LogP contribution is -2.23. The Morgan fingerprint density at radius 2 is 2.38 bits per heavy atom. The van der Waals surface area contributed by atoms with Gasteiger partial charge < -0.3 is 15.8 Å². The Balaban J connectivity index is 4.35. The van der Waals surface area contributed by atoms with Gasteiger partial charge in [0.05, 0.1) is 0 Å². The highest BCUT2D eigenvalue weighted by molar-refractivity contribution is 6.46. The molecule has 0 amide bonds. The van der Waals surface area contributed by atoms with Crippen LogP contribution in [0.15, 0.2) is 10.3 Å².